The Balaban J connectivity index is 1.66. The summed E-state index contributed by atoms with van der Waals surface area (Å²) in [6.07, 6.45) is 3.57. The van der Waals surface area contributed by atoms with Crippen molar-refractivity contribution >= 4 is 26.8 Å². The molecular weight excluding hydrogens is 342 g/mol. The lowest BCUT2D eigenvalue weighted by molar-refractivity contribution is -0.120. The predicted molar refractivity (Wildman–Crippen MR) is 94.5 cm³/mol. The van der Waals surface area contributed by atoms with E-state index in [1.54, 1.807) is 6.20 Å². The average Bonchev–Trinajstić information content (AvgIpc) is 3.00. The van der Waals surface area contributed by atoms with Crippen LogP contribution in [0.4, 0.5) is 0 Å². The summed E-state index contributed by atoms with van der Waals surface area (Å²) in [4.78, 5) is 16.3. The number of rotatable bonds is 6. The molecule has 1 saturated heterocycles. The van der Waals surface area contributed by atoms with Gasteiger partial charge in [0.15, 0.2) is 0 Å². The van der Waals surface area contributed by atoms with Crippen molar-refractivity contribution in [1.29, 1.82) is 0 Å². The molecule has 0 radical (unpaired) electrons. The van der Waals surface area contributed by atoms with Gasteiger partial charge < -0.3 is 10.1 Å². The maximum Gasteiger partial charge on any atom is 0.235 e. The number of hydrogen-bond acceptors (Lipinski definition) is 5. The van der Waals surface area contributed by atoms with E-state index in [0.717, 1.165) is 29.1 Å². The lowest BCUT2D eigenvalue weighted by Gasteiger charge is -2.20. The number of amides is 1. The van der Waals surface area contributed by atoms with Gasteiger partial charge in [-0.1, -0.05) is 18.2 Å². The molecule has 1 amide bonds. The minimum Gasteiger partial charge on any atom is -0.379 e. The van der Waals surface area contributed by atoms with Crippen LogP contribution in [0.15, 0.2) is 36.5 Å². The van der Waals surface area contributed by atoms with Gasteiger partial charge >= 0.3 is 0 Å². The minimum atomic E-state index is -3.39. The molecule has 1 aromatic heterocycles. The number of hydrogen-bond donors (Lipinski definition) is 2. The number of nitrogens with zero attached hydrogens (tertiary/aromatic N) is 1. The van der Waals surface area contributed by atoms with Crippen LogP contribution in [0.5, 0.6) is 0 Å². The Bertz CT molecular complexity index is 864. The third kappa shape index (κ3) is 4.75. The molecule has 1 aromatic carbocycles. The first-order chi connectivity index (χ1) is 11.9. The number of carbonyl (C=O) groups excluding carboxylic acids is 1. The topological polar surface area (TPSA) is 97.4 Å². The molecule has 25 heavy (non-hydrogen) atoms. The quantitative estimate of drug-likeness (QED) is 0.777. The van der Waals surface area contributed by atoms with Gasteiger partial charge in [0.1, 0.15) is 0 Å². The Morgan fingerprint density at radius 2 is 2.08 bits per heavy atom. The summed E-state index contributed by atoms with van der Waals surface area (Å²) in [6.45, 7) is 0.722. The van der Waals surface area contributed by atoms with E-state index in [2.05, 4.69) is 15.0 Å². The zero-order valence-electron chi connectivity index (χ0n) is 13.9. The fraction of sp³-hybridized carbons (Fsp3) is 0.412. The Morgan fingerprint density at radius 3 is 2.88 bits per heavy atom. The molecule has 2 aromatic rings. The molecule has 8 heteroatoms. The van der Waals surface area contributed by atoms with Crippen LogP contribution in [0.25, 0.3) is 10.9 Å². The lowest BCUT2D eigenvalue weighted by atomic mass is 9.93. The maximum atomic E-state index is 12.0. The normalized spacial score (nSPS) is 20.7. The number of benzene rings is 1. The second kappa shape index (κ2) is 7.47. The summed E-state index contributed by atoms with van der Waals surface area (Å²) in [7, 11) is -3.39. The number of pyridine rings is 1. The van der Waals surface area contributed by atoms with Crippen molar-refractivity contribution in [3.8, 4) is 0 Å². The van der Waals surface area contributed by atoms with Crippen LogP contribution in [-0.4, -0.2) is 51.4 Å². The van der Waals surface area contributed by atoms with Gasteiger partial charge in [-0.25, -0.2) is 13.1 Å². The molecule has 0 spiro atoms. The smallest absolute Gasteiger partial charge is 0.235 e. The van der Waals surface area contributed by atoms with Crippen LogP contribution in [0.3, 0.4) is 0 Å². The maximum absolute atomic E-state index is 12.0. The molecule has 0 saturated carbocycles. The van der Waals surface area contributed by atoms with Gasteiger partial charge in [-0.2, -0.15) is 0 Å². The van der Waals surface area contributed by atoms with Crippen LogP contribution in [0.2, 0.25) is 0 Å². The van der Waals surface area contributed by atoms with Crippen LogP contribution >= 0.6 is 0 Å². The minimum absolute atomic E-state index is 0.132. The lowest BCUT2D eigenvalue weighted by Crippen LogP contribution is -2.45. The summed E-state index contributed by atoms with van der Waals surface area (Å²) in [5, 5.41) is 3.96. The Kier molecular flexibility index (Phi) is 5.31. The molecule has 3 rings (SSSR count). The molecule has 1 aliphatic rings. The average molecular weight is 363 g/mol. The molecular formula is C17H21N3O4S. The third-order valence-corrected chi connectivity index (χ3v) is 4.93. The van der Waals surface area contributed by atoms with Crippen molar-refractivity contribution in [2.24, 2.45) is 5.92 Å². The van der Waals surface area contributed by atoms with Gasteiger partial charge in [0.2, 0.25) is 15.9 Å². The van der Waals surface area contributed by atoms with Crippen LogP contribution < -0.4 is 10.0 Å². The fourth-order valence-electron chi connectivity index (χ4n) is 3.03. The first-order valence-corrected chi connectivity index (χ1v) is 9.96. The van der Waals surface area contributed by atoms with Gasteiger partial charge in [0.05, 0.1) is 37.6 Å². The Morgan fingerprint density at radius 1 is 1.28 bits per heavy atom. The van der Waals surface area contributed by atoms with Crippen molar-refractivity contribution in [3.05, 3.63) is 42.1 Å². The van der Waals surface area contributed by atoms with E-state index < -0.39 is 10.0 Å². The molecule has 134 valence electrons. The second-order valence-corrected chi connectivity index (χ2v) is 8.09. The van der Waals surface area contributed by atoms with E-state index in [0.29, 0.717) is 13.2 Å². The number of aromatic nitrogens is 1. The number of fused-ring (bicyclic) bond motifs is 1. The van der Waals surface area contributed by atoms with Crippen molar-refractivity contribution in [3.63, 3.8) is 0 Å². The van der Waals surface area contributed by atoms with E-state index >= 15 is 0 Å². The van der Waals surface area contributed by atoms with Crippen LogP contribution in [-0.2, 0) is 26.0 Å². The Labute approximate surface area is 146 Å². The van der Waals surface area contributed by atoms with Gasteiger partial charge in [-0.15, -0.1) is 0 Å². The highest BCUT2D eigenvalue weighted by Crippen LogP contribution is 2.24. The van der Waals surface area contributed by atoms with Gasteiger partial charge in [0, 0.05) is 17.5 Å². The first-order valence-electron chi connectivity index (χ1n) is 8.07. The third-order valence-electron chi connectivity index (χ3n) is 4.26. The number of carbonyl (C=O) groups is 1. The van der Waals surface area contributed by atoms with Crippen LogP contribution in [0.1, 0.15) is 5.56 Å². The molecule has 2 atom stereocenters. The summed E-state index contributed by atoms with van der Waals surface area (Å²) >= 11 is 0. The van der Waals surface area contributed by atoms with Crippen molar-refractivity contribution in [2.45, 2.75) is 12.5 Å². The monoisotopic (exact) mass is 363 g/mol. The van der Waals surface area contributed by atoms with Crippen molar-refractivity contribution < 1.29 is 17.9 Å². The van der Waals surface area contributed by atoms with Gasteiger partial charge in [0.25, 0.3) is 0 Å². The van der Waals surface area contributed by atoms with Gasteiger partial charge in [-0.3, -0.25) is 9.78 Å². The SMILES string of the molecule is CS(=O)(=O)NCC(=O)N[C@H]1COC[C@H]1Cc1ccnc2ccccc12. The second-order valence-electron chi connectivity index (χ2n) is 6.26. The summed E-state index contributed by atoms with van der Waals surface area (Å²) in [6, 6.07) is 9.80. The highest BCUT2D eigenvalue weighted by Gasteiger charge is 2.30. The highest BCUT2D eigenvalue weighted by atomic mass is 32.2. The fourth-order valence-corrected chi connectivity index (χ4v) is 3.42. The molecule has 0 unspecified atom stereocenters. The first kappa shape index (κ1) is 17.8. The van der Waals surface area contributed by atoms with E-state index in [-0.39, 0.29) is 24.4 Å². The summed E-state index contributed by atoms with van der Waals surface area (Å²) in [5.74, 6) is -0.224. The number of ether oxygens (including phenoxy) is 1. The van der Waals surface area contributed by atoms with Crippen molar-refractivity contribution in [1.82, 2.24) is 15.0 Å². The number of sulfonamides is 1. The molecule has 1 fully saturated rings. The van der Waals surface area contributed by atoms with Gasteiger partial charge in [-0.05, 0) is 24.1 Å². The highest BCUT2D eigenvalue weighted by molar-refractivity contribution is 7.88. The zero-order chi connectivity index (χ0) is 17.9. The zero-order valence-corrected chi connectivity index (χ0v) is 14.8. The molecule has 7 nitrogen and oxygen atoms in total. The standard InChI is InChI=1S/C17H21N3O4S/c1-25(22,23)19-9-17(21)20-16-11-24-10-13(16)8-12-6-7-18-15-5-3-2-4-14(12)15/h2-7,13,16,19H,8-11H2,1H3,(H,20,21)/t13-,16+/m1/s1. The summed E-state index contributed by atoms with van der Waals surface area (Å²) in [5.41, 5.74) is 2.10. The Hall–Kier alpha value is -2.03. The number of para-hydroxylation sites is 1. The molecule has 0 bridgehead atoms. The molecule has 0 aliphatic carbocycles. The summed E-state index contributed by atoms with van der Waals surface area (Å²) < 4.78 is 29.9. The van der Waals surface area contributed by atoms with E-state index in [1.165, 1.54) is 0 Å². The molecule has 1 aliphatic heterocycles. The predicted octanol–water partition coefficient (Wildman–Crippen LogP) is 0.458. The van der Waals surface area contributed by atoms with E-state index in [9.17, 15) is 13.2 Å². The largest absolute Gasteiger partial charge is 0.379 e. The molecule has 2 N–H and O–H groups in total. The van der Waals surface area contributed by atoms with Crippen molar-refractivity contribution in [2.75, 3.05) is 26.0 Å². The number of nitrogens with one attached hydrogen (secondary N) is 2. The molecule has 2 heterocycles. The van der Waals surface area contributed by atoms with E-state index in [1.807, 2.05) is 30.3 Å². The van der Waals surface area contributed by atoms with Crippen LogP contribution in [0, 0.1) is 5.92 Å². The van der Waals surface area contributed by atoms with E-state index in [4.69, 9.17) is 4.74 Å².